The van der Waals surface area contributed by atoms with Gasteiger partial charge in [0.05, 0.1) is 11.0 Å². The quantitative estimate of drug-likeness (QED) is 0.650. The van der Waals surface area contributed by atoms with Gasteiger partial charge in [-0.25, -0.2) is 4.98 Å². The normalized spacial score (nSPS) is 16.3. The summed E-state index contributed by atoms with van der Waals surface area (Å²) in [6.07, 6.45) is 1.39. The van der Waals surface area contributed by atoms with E-state index >= 15 is 0 Å². The van der Waals surface area contributed by atoms with Crippen molar-refractivity contribution in [3.63, 3.8) is 0 Å². The Morgan fingerprint density at radius 3 is 2.59 bits per heavy atom. The predicted octanol–water partition coefficient (Wildman–Crippen LogP) is 2.61. The van der Waals surface area contributed by atoms with Gasteiger partial charge in [-0.05, 0) is 43.6 Å². The third-order valence-corrected chi connectivity index (χ3v) is 5.29. The molecule has 1 saturated heterocycles. The zero-order valence-corrected chi connectivity index (χ0v) is 15.4. The van der Waals surface area contributed by atoms with Crippen LogP contribution in [-0.4, -0.2) is 41.7 Å². The Labute approximate surface area is 158 Å². The highest BCUT2D eigenvalue weighted by Gasteiger charge is 2.39. The van der Waals surface area contributed by atoms with Gasteiger partial charge in [-0.15, -0.1) is 0 Å². The number of fused-ring (bicyclic) bond motifs is 1. The Hall–Kier alpha value is -2.70. The second-order valence-electron chi connectivity index (χ2n) is 6.93. The second kappa shape index (κ2) is 7.50. The van der Waals surface area contributed by atoms with Crippen LogP contribution in [0, 0.1) is 0 Å². The summed E-state index contributed by atoms with van der Waals surface area (Å²) in [6.45, 7) is 2.08. The van der Waals surface area contributed by atoms with E-state index in [1.165, 1.54) is 0 Å². The molecule has 0 saturated carbocycles. The van der Waals surface area contributed by atoms with Crippen LogP contribution in [0.25, 0.3) is 22.4 Å². The number of benzene rings is 2. The number of piperidine rings is 1. The maximum absolute atomic E-state index is 12.6. The molecular formula is C21H24N4O2. The van der Waals surface area contributed by atoms with E-state index in [-0.39, 0.29) is 5.91 Å². The van der Waals surface area contributed by atoms with Crippen molar-refractivity contribution < 1.29 is 9.53 Å². The van der Waals surface area contributed by atoms with Crippen molar-refractivity contribution in [2.75, 3.05) is 20.2 Å². The number of ether oxygens (including phenoxy) is 1. The third-order valence-electron chi connectivity index (χ3n) is 5.29. The first-order chi connectivity index (χ1) is 13.2. The third kappa shape index (κ3) is 3.59. The van der Waals surface area contributed by atoms with E-state index in [2.05, 4.69) is 20.6 Å². The minimum Gasteiger partial charge on any atom is -0.368 e. The van der Waals surface area contributed by atoms with Crippen LogP contribution in [0.5, 0.6) is 0 Å². The number of aromatic amines is 1. The largest absolute Gasteiger partial charge is 0.368 e. The SMILES string of the molecule is COC1(C(=O)NCc2ccc(-c3nc4ccccc4[nH]3)cc2)CCNCC1. The first-order valence-corrected chi connectivity index (χ1v) is 9.28. The van der Waals surface area contributed by atoms with Gasteiger partial charge >= 0.3 is 0 Å². The summed E-state index contributed by atoms with van der Waals surface area (Å²) in [5, 5.41) is 6.29. The Balaban J connectivity index is 1.42. The first-order valence-electron chi connectivity index (χ1n) is 9.28. The summed E-state index contributed by atoms with van der Waals surface area (Å²) in [5.74, 6) is 0.813. The van der Waals surface area contributed by atoms with Gasteiger partial charge in [0.1, 0.15) is 11.4 Å². The number of aromatic nitrogens is 2. The number of hydrogen-bond acceptors (Lipinski definition) is 4. The molecule has 1 amide bonds. The number of methoxy groups -OCH3 is 1. The van der Waals surface area contributed by atoms with Crippen molar-refractivity contribution >= 4 is 16.9 Å². The maximum atomic E-state index is 12.6. The number of imidazole rings is 1. The molecule has 6 nitrogen and oxygen atoms in total. The molecule has 27 heavy (non-hydrogen) atoms. The van der Waals surface area contributed by atoms with Crippen molar-refractivity contribution in [2.45, 2.75) is 25.0 Å². The van der Waals surface area contributed by atoms with Gasteiger partial charge in [-0.2, -0.15) is 0 Å². The fourth-order valence-corrected chi connectivity index (χ4v) is 3.57. The van der Waals surface area contributed by atoms with Crippen molar-refractivity contribution in [2.24, 2.45) is 0 Å². The molecule has 3 aromatic rings. The Bertz CT molecular complexity index is 894. The summed E-state index contributed by atoms with van der Waals surface area (Å²) in [7, 11) is 1.62. The van der Waals surface area contributed by atoms with E-state index < -0.39 is 5.60 Å². The zero-order valence-electron chi connectivity index (χ0n) is 15.4. The van der Waals surface area contributed by atoms with E-state index in [0.717, 1.165) is 41.1 Å². The minimum absolute atomic E-state index is 0.0344. The van der Waals surface area contributed by atoms with Gasteiger partial charge in [0, 0.05) is 19.2 Å². The molecule has 2 aromatic carbocycles. The molecule has 6 heteroatoms. The van der Waals surface area contributed by atoms with Crippen molar-refractivity contribution in [1.82, 2.24) is 20.6 Å². The fraction of sp³-hybridized carbons (Fsp3) is 0.333. The highest BCUT2D eigenvalue weighted by molar-refractivity contribution is 5.85. The van der Waals surface area contributed by atoms with Crippen LogP contribution >= 0.6 is 0 Å². The Morgan fingerprint density at radius 1 is 1.15 bits per heavy atom. The molecule has 0 bridgehead atoms. The lowest BCUT2D eigenvalue weighted by Gasteiger charge is -2.34. The van der Waals surface area contributed by atoms with Crippen molar-refractivity contribution in [1.29, 1.82) is 0 Å². The molecule has 0 atom stereocenters. The van der Waals surface area contributed by atoms with Gasteiger partial charge in [0.15, 0.2) is 0 Å². The second-order valence-corrected chi connectivity index (χ2v) is 6.93. The van der Waals surface area contributed by atoms with Crippen LogP contribution in [0.2, 0.25) is 0 Å². The molecule has 0 radical (unpaired) electrons. The number of carbonyl (C=O) groups is 1. The number of nitrogens with zero attached hydrogens (tertiary/aromatic N) is 1. The lowest BCUT2D eigenvalue weighted by Crippen LogP contribution is -2.53. The molecular weight excluding hydrogens is 340 g/mol. The van der Waals surface area contributed by atoms with Crippen molar-refractivity contribution in [3.8, 4) is 11.4 Å². The number of hydrogen-bond donors (Lipinski definition) is 3. The lowest BCUT2D eigenvalue weighted by molar-refractivity contribution is -0.146. The summed E-state index contributed by atoms with van der Waals surface area (Å²) in [6, 6.07) is 16.1. The molecule has 0 aliphatic carbocycles. The maximum Gasteiger partial charge on any atom is 0.252 e. The minimum atomic E-state index is -0.709. The van der Waals surface area contributed by atoms with E-state index in [1.54, 1.807) is 7.11 Å². The Kier molecular flexibility index (Phi) is 4.92. The van der Waals surface area contributed by atoms with E-state index in [0.29, 0.717) is 19.4 Å². The van der Waals surface area contributed by atoms with Crippen LogP contribution in [0.4, 0.5) is 0 Å². The highest BCUT2D eigenvalue weighted by Crippen LogP contribution is 2.23. The van der Waals surface area contributed by atoms with Crippen LogP contribution in [0.1, 0.15) is 18.4 Å². The average Bonchev–Trinajstić information content (AvgIpc) is 3.17. The summed E-state index contributed by atoms with van der Waals surface area (Å²) < 4.78 is 5.57. The zero-order chi connectivity index (χ0) is 18.7. The molecule has 1 fully saturated rings. The number of para-hydroxylation sites is 2. The van der Waals surface area contributed by atoms with E-state index in [1.807, 2.05) is 48.5 Å². The molecule has 4 rings (SSSR count). The fourth-order valence-electron chi connectivity index (χ4n) is 3.57. The van der Waals surface area contributed by atoms with Crippen LogP contribution < -0.4 is 10.6 Å². The van der Waals surface area contributed by atoms with E-state index in [9.17, 15) is 4.79 Å². The molecule has 1 aliphatic rings. The Morgan fingerprint density at radius 2 is 1.89 bits per heavy atom. The monoisotopic (exact) mass is 364 g/mol. The lowest BCUT2D eigenvalue weighted by atomic mass is 9.91. The van der Waals surface area contributed by atoms with E-state index in [4.69, 9.17) is 4.74 Å². The van der Waals surface area contributed by atoms with Crippen LogP contribution in [0.3, 0.4) is 0 Å². The summed E-state index contributed by atoms with van der Waals surface area (Å²) in [5.41, 5.74) is 3.34. The molecule has 3 N–H and O–H groups in total. The van der Waals surface area contributed by atoms with Gasteiger partial charge < -0.3 is 20.4 Å². The van der Waals surface area contributed by atoms with Gasteiger partial charge in [0.2, 0.25) is 0 Å². The number of nitrogens with one attached hydrogen (secondary N) is 3. The van der Waals surface area contributed by atoms with Gasteiger partial charge in [-0.1, -0.05) is 36.4 Å². The molecule has 1 aliphatic heterocycles. The topological polar surface area (TPSA) is 79.0 Å². The number of H-pyrrole nitrogens is 1. The van der Waals surface area contributed by atoms with Crippen molar-refractivity contribution in [3.05, 3.63) is 54.1 Å². The van der Waals surface area contributed by atoms with Gasteiger partial charge in [0.25, 0.3) is 5.91 Å². The highest BCUT2D eigenvalue weighted by atomic mass is 16.5. The average molecular weight is 364 g/mol. The number of rotatable bonds is 5. The standard InChI is InChI=1S/C21H24N4O2/c1-27-21(10-12-22-13-11-21)20(26)23-14-15-6-8-16(9-7-15)19-24-17-4-2-3-5-18(17)25-19/h2-9,22H,10-14H2,1H3,(H,23,26)(H,24,25). The van der Waals surface area contributed by atoms with Crippen LogP contribution in [-0.2, 0) is 16.1 Å². The first kappa shape index (κ1) is 17.7. The number of amides is 1. The summed E-state index contributed by atoms with van der Waals surface area (Å²) >= 11 is 0. The molecule has 2 heterocycles. The molecule has 140 valence electrons. The molecule has 0 spiro atoms. The summed E-state index contributed by atoms with van der Waals surface area (Å²) in [4.78, 5) is 20.6. The molecule has 0 unspecified atom stereocenters. The predicted molar refractivity (Wildman–Crippen MR) is 105 cm³/mol. The smallest absolute Gasteiger partial charge is 0.252 e. The van der Waals surface area contributed by atoms with Crippen LogP contribution in [0.15, 0.2) is 48.5 Å². The number of carbonyl (C=O) groups excluding carboxylic acids is 1. The van der Waals surface area contributed by atoms with Gasteiger partial charge in [-0.3, -0.25) is 4.79 Å². The molecule has 1 aromatic heterocycles.